The number of esters is 1. The van der Waals surface area contributed by atoms with Gasteiger partial charge in [-0.05, 0) is 30.2 Å². The van der Waals surface area contributed by atoms with Gasteiger partial charge < -0.3 is 10.1 Å². The summed E-state index contributed by atoms with van der Waals surface area (Å²) >= 11 is 0. The van der Waals surface area contributed by atoms with Gasteiger partial charge in [-0.15, -0.1) is 0 Å². The molecule has 1 amide bonds. The molecule has 24 heavy (non-hydrogen) atoms. The second-order valence-electron chi connectivity index (χ2n) is 5.45. The largest absolute Gasteiger partial charge is 0.456 e. The molecule has 0 aliphatic carbocycles. The molecule has 0 aliphatic heterocycles. The summed E-state index contributed by atoms with van der Waals surface area (Å²) in [7, 11) is 0. The van der Waals surface area contributed by atoms with E-state index < -0.39 is 18.1 Å². The maximum absolute atomic E-state index is 12.5. The van der Waals surface area contributed by atoms with Crippen molar-refractivity contribution in [2.45, 2.75) is 25.5 Å². The third kappa shape index (κ3) is 5.09. The molecule has 0 saturated heterocycles. The molecule has 0 heterocycles. The molecule has 0 spiro atoms. The average molecular weight is 323 g/mol. The average Bonchev–Trinajstić information content (AvgIpc) is 2.60. The number of ether oxygens (including phenoxy) is 1. The number of nitrogens with one attached hydrogen (secondary N) is 1. The normalized spacial score (nSPS) is 12.7. The van der Waals surface area contributed by atoms with Gasteiger partial charge in [0.05, 0.1) is 6.04 Å². The van der Waals surface area contributed by atoms with Crippen molar-refractivity contribution >= 4 is 11.9 Å². The van der Waals surface area contributed by atoms with Crippen LogP contribution in [0.25, 0.3) is 0 Å². The molecular formula is C20H21NO3. The maximum Gasteiger partial charge on any atom is 0.303 e. The standard InChI is InChI=1S/C20H21NO3/c1-3-19(24-15(2)22)18(14-16-10-6-4-7-11-16)21-20(23)17-12-8-5-9-13-17/h3-13,18-19H,1,14H2,2H3,(H,21,23)/t18-,19-/m0/s1. The SMILES string of the molecule is C=C[C@H](OC(C)=O)[C@H](Cc1ccccc1)NC(=O)c1ccccc1. The molecular weight excluding hydrogens is 302 g/mol. The molecule has 0 radical (unpaired) electrons. The van der Waals surface area contributed by atoms with Gasteiger partial charge in [-0.25, -0.2) is 0 Å². The van der Waals surface area contributed by atoms with Crippen molar-refractivity contribution in [3.8, 4) is 0 Å². The molecule has 0 bridgehead atoms. The molecule has 0 aromatic heterocycles. The molecule has 2 aromatic rings. The second kappa shape index (κ2) is 8.67. The highest BCUT2D eigenvalue weighted by atomic mass is 16.5. The van der Waals surface area contributed by atoms with Crippen LogP contribution in [0, 0.1) is 0 Å². The van der Waals surface area contributed by atoms with Crippen LogP contribution in [0.4, 0.5) is 0 Å². The number of carbonyl (C=O) groups excluding carboxylic acids is 2. The minimum Gasteiger partial charge on any atom is -0.456 e. The monoisotopic (exact) mass is 323 g/mol. The van der Waals surface area contributed by atoms with Gasteiger partial charge in [-0.1, -0.05) is 55.1 Å². The van der Waals surface area contributed by atoms with E-state index in [0.717, 1.165) is 5.56 Å². The summed E-state index contributed by atoms with van der Waals surface area (Å²) in [5, 5.41) is 2.95. The van der Waals surface area contributed by atoms with Gasteiger partial charge in [0.2, 0.25) is 0 Å². The van der Waals surface area contributed by atoms with Crippen LogP contribution >= 0.6 is 0 Å². The molecule has 0 unspecified atom stereocenters. The summed E-state index contributed by atoms with van der Waals surface area (Å²) in [5.41, 5.74) is 1.59. The van der Waals surface area contributed by atoms with Crippen LogP contribution in [-0.2, 0) is 16.0 Å². The zero-order valence-corrected chi connectivity index (χ0v) is 13.6. The number of rotatable bonds is 7. The van der Waals surface area contributed by atoms with Crippen molar-refractivity contribution < 1.29 is 14.3 Å². The Hall–Kier alpha value is -2.88. The minimum atomic E-state index is -0.602. The first kappa shape index (κ1) is 17.5. The van der Waals surface area contributed by atoms with Crippen LogP contribution in [0.15, 0.2) is 73.3 Å². The van der Waals surface area contributed by atoms with Gasteiger partial charge in [-0.2, -0.15) is 0 Å². The van der Waals surface area contributed by atoms with Crippen LogP contribution in [0.2, 0.25) is 0 Å². The Morgan fingerprint density at radius 2 is 1.67 bits per heavy atom. The van der Waals surface area contributed by atoms with Gasteiger partial charge in [-0.3, -0.25) is 9.59 Å². The fraction of sp³-hybridized carbons (Fsp3) is 0.200. The Morgan fingerprint density at radius 1 is 1.08 bits per heavy atom. The molecule has 2 atom stereocenters. The van der Waals surface area contributed by atoms with Crippen molar-refractivity contribution in [1.29, 1.82) is 0 Å². The number of hydrogen-bond donors (Lipinski definition) is 1. The number of amides is 1. The molecule has 0 aliphatic rings. The summed E-state index contributed by atoms with van der Waals surface area (Å²) in [4.78, 5) is 23.8. The fourth-order valence-electron chi connectivity index (χ4n) is 2.44. The fourth-order valence-corrected chi connectivity index (χ4v) is 2.44. The highest BCUT2D eigenvalue weighted by Gasteiger charge is 2.24. The lowest BCUT2D eigenvalue weighted by molar-refractivity contribution is -0.145. The van der Waals surface area contributed by atoms with Crippen LogP contribution in [-0.4, -0.2) is 24.0 Å². The van der Waals surface area contributed by atoms with E-state index >= 15 is 0 Å². The van der Waals surface area contributed by atoms with Crippen molar-refractivity contribution in [3.63, 3.8) is 0 Å². The van der Waals surface area contributed by atoms with E-state index in [2.05, 4.69) is 11.9 Å². The maximum atomic E-state index is 12.5. The van der Waals surface area contributed by atoms with Crippen molar-refractivity contribution in [3.05, 3.63) is 84.4 Å². The Morgan fingerprint density at radius 3 is 2.21 bits per heavy atom. The molecule has 2 rings (SSSR count). The van der Waals surface area contributed by atoms with Crippen LogP contribution < -0.4 is 5.32 Å². The lowest BCUT2D eigenvalue weighted by atomic mass is 10.0. The molecule has 124 valence electrons. The van der Waals surface area contributed by atoms with Gasteiger partial charge in [0, 0.05) is 12.5 Å². The van der Waals surface area contributed by atoms with E-state index in [1.807, 2.05) is 36.4 Å². The Kier molecular flexibility index (Phi) is 6.32. The third-order valence-corrected chi connectivity index (χ3v) is 3.58. The van der Waals surface area contributed by atoms with Crippen LogP contribution in [0.1, 0.15) is 22.8 Å². The van der Waals surface area contributed by atoms with Crippen LogP contribution in [0.5, 0.6) is 0 Å². The first-order chi connectivity index (χ1) is 11.6. The number of hydrogen-bond acceptors (Lipinski definition) is 3. The lowest BCUT2D eigenvalue weighted by Crippen LogP contribution is -2.45. The predicted octanol–water partition coefficient (Wildman–Crippen LogP) is 3.15. The summed E-state index contributed by atoms with van der Waals surface area (Å²) < 4.78 is 5.30. The zero-order chi connectivity index (χ0) is 17.4. The molecule has 4 heteroatoms. The van der Waals surface area contributed by atoms with E-state index in [1.165, 1.54) is 6.92 Å². The summed E-state index contributed by atoms with van der Waals surface area (Å²) in [6.45, 7) is 5.07. The van der Waals surface area contributed by atoms with Crippen LogP contribution in [0.3, 0.4) is 0 Å². The van der Waals surface area contributed by atoms with E-state index in [9.17, 15) is 9.59 Å². The Labute approximate surface area is 142 Å². The molecule has 1 N–H and O–H groups in total. The topological polar surface area (TPSA) is 55.4 Å². The van der Waals surface area contributed by atoms with E-state index in [1.54, 1.807) is 30.3 Å². The lowest BCUT2D eigenvalue weighted by Gasteiger charge is -2.25. The quantitative estimate of drug-likeness (QED) is 0.629. The molecule has 2 aromatic carbocycles. The van der Waals surface area contributed by atoms with Gasteiger partial charge in [0.1, 0.15) is 6.10 Å². The van der Waals surface area contributed by atoms with Gasteiger partial charge in [0.15, 0.2) is 0 Å². The smallest absolute Gasteiger partial charge is 0.303 e. The highest BCUT2D eigenvalue weighted by Crippen LogP contribution is 2.11. The van der Waals surface area contributed by atoms with E-state index in [0.29, 0.717) is 12.0 Å². The van der Waals surface area contributed by atoms with Crippen molar-refractivity contribution in [2.24, 2.45) is 0 Å². The first-order valence-electron chi connectivity index (χ1n) is 7.79. The van der Waals surface area contributed by atoms with Crippen molar-refractivity contribution in [1.82, 2.24) is 5.32 Å². The predicted molar refractivity (Wildman–Crippen MR) is 93.6 cm³/mol. The second-order valence-corrected chi connectivity index (χ2v) is 5.45. The summed E-state index contributed by atoms with van der Waals surface area (Å²) in [6.07, 6.45) is 1.47. The minimum absolute atomic E-state index is 0.212. The van der Waals surface area contributed by atoms with Gasteiger partial charge >= 0.3 is 5.97 Å². The summed E-state index contributed by atoms with van der Waals surface area (Å²) in [6, 6.07) is 18.3. The highest BCUT2D eigenvalue weighted by molar-refractivity contribution is 5.94. The summed E-state index contributed by atoms with van der Waals surface area (Å²) in [5.74, 6) is -0.623. The Bertz CT molecular complexity index is 683. The van der Waals surface area contributed by atoms with E-state index in [-0.39, 0.29) is 5.91 Å². The van der Waals surface area contributed by atoms with E-state index in [4.69, 9.17) is 4.74 Å². The molecule has 0 saturated carbocycles. The molecule has 4 nitrogen and oxygen atoms in total. The number of carbonyl (C=O) groups is 2. The number of benzene rings is 2. The van der Waals surface area contributed by atoms with Crippen molar-refractivity contribution in [2.75, 3.05) is 0 Å². The zero-order valence-electron chi connectivity index (χ0n) is 13.6. The first-order valence-corrected chi connectivity index (χ1v) is 7.79. The third-order valence-electron chi connectivity index (χ3n) is 3.58. The van der Waals surface area contributed by atoms with Gasteiger partial charge in [0.25, 0.3) is 5.91 Å². The molecule has 0 fully saturated rings. The Balaban J connectivity index is 2.19.